The van der Waals surface area contributed by atoms with Gasteiger partial charge in [-0.15, -0.1) is 0 Å². The molecule has 1 aromatic rings. The average Bonchev–Trinajstić information content (AvgIpc) is 3.24. The first-order chi connectivity index (χ1) is 9.70. The number of hydrogen-bond donors (Lipinski definition) is 1. The Morgan fingerprint density at radius 1 is 1.35 bits per heavy atom. The van der Waals surface area contributed by atoms with Crippen LogP contribution in [0.3, 0.4) is 0 Å². The Labute approximate surface area is 125 Å². The monoisotopic (exact) mass is 296 g/mol. The number of benzene rings is 1. The molecule has 1 aliphatic carbocycles. The molecule has 0 bridgehead atoms. The Hall–Kier alpha value is -0.640. The summed E-state index contributed by atoms with van der Waals surface area (Å²) in [6, 6.07) is 6.00. The van der Waals surface area contributed by atoms with E-state index < -0.39 is 0 Å². The van der Waals surface area contributed by atoms with Crippen molar-refractivity contribution in [3.8, 4) is 0 Å². The van der Waals surface area contributed by atoms with Crippen molar-refractivity contribution in [3.63, 3.8) is 0 Å². The maximum absolute atomic E-state index is 14.4. The van der Waals surface area contributed by atoms with Gasteiger partial charge in [0.25, 0.3) is 0 Å². The van der Waals surface area contributed by atoms with Crippen molar-refractivity contribution in [2.24, 2.45) is 5.92 Å². The smallest absolute Gasteiger partial charge is 0.129 e. The van der Waals surface area contributed by atoms with Gasteiger partial charge in [-0.3, -0.25) is 4.90 Å². The van der Waals surface area contributed by atoms with E-state index in [1.807, 2.05) is 19.2 Å². The van der Waals surface area contributed by atoms with E-state index in [0.29, 0.717) is 17.0 Å². The molecule has 1 aliphatic heterocycles. The van der Waals surface area contributed by atoms with Gasteiger partial charge in [-0.2, -0.15) is 0 Å². The highest BCUT2D eigenvalue weighted by Crippen LogP contribution is 2.43. The normalized spacial score (nSPS) is 27.8. The summed E-state index contributed by atoms with van der Waals surface area (Å²) in [4.78, 5) is 2.53. The van der Waals surface area contributed by atoms with E-state index in [1.165, 1.54) is 25.3 Å². The first-order valence-electron chi connectivity index (χ1n) is 7.56. The lowest BCUT2D eigenvalue weighted by Crippen LogP contribution is -2.43. The molecular formula is C16H22ClFN2. The second-order valence-electron chi connectivity index (χ2n) is 6.04. The van der Waals surface area contributed by atoms with E-state index in [9.17, 15) is 4.39 Å². The van der Waals surface area contributed by atoms with Gasteiger partial charge in [0.05, 0.1) is 0 Å². The van der Waals surface area contributed by atoms with Gasteiger partial charge in [-0.25, -0.2) is 4.39 Å². The van der Waals surface area contributed by atoms with Crippen molar-refractivity contribution in [1.29, 1.82) is 0 Å². The van der Waals surface area contributed by atoms with E-state index in [1.54, 1.807) is 0 Å². The summed E-state index contributed by atoms with van der Waals surface area (Å²) in [6.07, 6.45) is 4.90. The largest absolute Gasteiger partial charge is 0.319 e. The zero-order valence-corrected chi connectivity index (χ0v) is 12.7. The molecule has 0 radical (unpaired) electrons. The molecular weight excluding hydrogens is 275 g/mol. The lowest BCUT2D eigenvalue weighted by molar-refractivity contribution is 0.0819. The van der Waals surface area contributed by atoms with Crippen LogP contribution in [-0.2, 0) is 0 Å². The number of likely N-dealkylation sites (tertiary alicyclic amines) is 1. The number of piperidine rings is 1. The van der Waals surface area contributed by atoms with Crippen LogP contribution in [0.25, 0.3) is 0 Å². The summed E-state index contributed by atoms with van der Waals surface area (Å²) in [5.41, 5.74) is 0.821. The van der Waals surface area contributed by atoms with Crippen molar-refractivity contribution in [3.05, 3.63) is 34.6 Å². The number of nitrogens with zero attached hydrogens (tertiary/aromatic N) is 1. The Bertz CT molecular complexity index is 474. The minimum Gasteiger partial charge on any atom is -0.319 e. The van der Waals surface area contributed by atoms with E-state index in [2.05, 4.69) is 10.2 Å². The van der Waals surface area contributed by atoms with Crippen LogP contribution < -0.4 is 5.32 Å². The molecule has 110 valence electrons. The summed E-state index contributed by atoms with van der Waals surface area (Å²) in [5.74, 6) is 0.321. The molecule has 1 saturated heterocycles. The van der Waals surface area contributed by atoms with Crippen molar-refractivity contribution < 1.29 is 4.39 Å². The molecule has 1 N–H and O–H groups in total. The van der Waals surface area contributed by atoms with Crippen LogP contribution in [0.15, 0.2) is 18.2 Å². The van der Waals surface area contributed by atoms with Gasteiger partial charge in [0.15, 0.2) is 0 Å². The Morgan fingerprint density at radius 3 is 2.80 bits per heavy atom. The molecule has 1 heterocycles. The maximum Gasteiger partial charge on any atom is 0.129 e. The minimum absolute atomic E-state index is 0.156. The van der Waals surface area contributed by atoms with Crippen LogP contribution in [-0.4, -0.2) is 31.1 Å². The molecule has 20 heavy (non-hydrogen) atoms. The van der Waals surface area contributed by atoms with Gasteiger partial charge >= 0.3 is 0 Å². The number of rotatable bonds is 4. The Kier molecular flexibility index (Phi) is 4.29. The van der Waals surface area contributed by atoms with Gasteiger partial charge in [0.1, 0.15) is 5.82 Å². The fraction of sp³-hybridized carbons (Fsp3) is 0.625. The van der Waals surface area contributed by atoms with Crippen LogP contribution in [0.1, 0.15) is 37.3 Å². The van der Waals surface area contributed by atoms with Crippen LogP contribution >= 0.6 is 11.6 Å². The standard InChI is InChI=1S/C16H22ClFN2/c1-19-10-11-3-2-8-20(13-5-6-13)16(11)14-7-4-12(17)9-15(14)18/h4,7,9,11,13,16,19H,2-3,5-6,8,10H2,1H3. The molecule has 4 heteroatoms. The van der Waals surface area contributed by atoms with Crippen LogP contribution in [0.4, 0.5) is 4.39 Å². The van der Waals surface area contributed by atoms with E-state index >= 15 is 0 Å². The molecule has 2 unspecified atom stereocenters. The third-order valence-electron chi connectivity index (χ3n) is 4.56. The van der Waals surface area contributed by atoms with Gasteiger partial charge in [-0.05, 0) is 63.9 Å². The van der Waals surface area contributed by atoms with Gasteiger partial charge in [0.2, 0.25) is 0 Å². The summed E-state index contributed by atoms with van der Waals surface area (Å²) in [5, 5.41) is 3.75. The Balaban J connectivity index is 1.93. The number of halogens is 2. The minimum atomic E-state index is -0.156. The molecule has 0 aromatic heterocycles. The molecule has 2 atom stereocenters. The van der Waals surface area contributed by atoms with E-state index in [0.717, 1.165) is 25.1 Å². The van der Waals surface area contributed by atoms with E-state index in [-0.39, 0.29) is 11.9 Å². The average molecular weight is 297 g/mol. The molecule has 2 nitrogen and oxygen atoms in total. The van der Waals surface area contributed by atoms with Crippen LogP contribution in [0.5, 0.6) is 0 Å². The van der Waals surface area contributed by atoms with Crippen LogP contribution in [0.2, 0.25) is 5.02 Å². The first kappa shape index (κ1) is 14.3. The topological polar surface area (TPSA) is 15.3 Å². The summed E-state index contributed by atoms with van der Waals surface area (Å²) < 4.78 is 14.4. The lowest BCUT2D eigenvalue weighted by Gasteiger charge is -2.42. The quantitative estimate of drug-likeness (QED) is 0.913. The molecule has 2 aliphatic rings. The van der Waals surface area contributed by atoms with Crippen LogP contribution in [0, 0.1) is 11.7 Å². The molecule has 1 aromatic carbocycles. The first-order valence-corrected chi connectivity index (χ1v) is 7.94. The highest BCUT2D eigenvalue weighted by atomic mass is 35.5. The SMILES string of the molecule is CNCC1CCCN(C2CC2)C1c1ccc(Cl)cc1F. The van der Waals surface area contributed by atoms with E-state index in [4.69, 9.17) is 11.6 Å². The van der Waals surface area contributed by atoms with Gasteiger partial charge in [-0.1, -0.05) is 17.7 Å². The highest BCUT2D eigenvalue weighted by molar-refractivity contribution is 6.30. The molecule has 1 saturated carbocycles. The zero-order valence-electron chi connectivity index (χ0n) is 11.9. The third kappa shape index (κ3) is 2.85. The lowest BCUT2D eigenvalue weighted by atomic mass is 9.84. The second-order valence-corrected chi connectivity index (χ2v) is 6.48. The maximum atomic E-state index is 14.4. The van der Waals surface area contributed by atoms with Crippen molar-refractivity contribution in [2.45, 2.75) is 37.8 Å². The van der Waals surface area contributed by atoms with Gasteiger partial charge < -0.3 is 5.32 Å². The molecule has 3 rings (SSSR count). The number of nitrogens with one attached hydrogen (secondary N) is 1. The Morgan fingerprint density at radius 2 is 2.15 bits per heavy atom. The molecule has 0 amide bonds. The zero-order chi connectivity index (χ0) is 14.1. The van der Waals surface area contributed by atoms with Crippen molar-refractivity contribution in [1.82, 2.24) is 10.2 Å². The summed E-state index contributed by atoms with van der Waals surface area (Å²) in [7, 11) is 1.98. The third-order valence-corrected chi connectivity index (χ3v) is 4.79. The predicted molar refractivity (Wildman–Crippen MR) is 80.5 cm³/mol. The predicted octanol–water partition coefficient (Wildman–Crippen LogP) is 3.61. The van der Waals surface area contributed by atoms with Crippen molar-refractivity contribution in [2.75, 3.05) is 20.1 Å². The second kappa shape index (κ2) is 6.00. The fourth-order valence-electron chi connectivity index (χ4n) is 3.57. The fourth-order valence-corrected chi connectivity index (χ4v) is 3.73. The highest BCUT2D eigenvalue weighted by Gasteiger charge is 2.41. The summed E-state index contributed by atoms with van der Waals surface area (Å²) >= 11 is 5.90. The summed E-state index contributed by atoms with van der Waals surface area (Å²) in [6.45, 7) is 2.04. The number of hydrogen-bond acceptors (Lipinski definition) is 2. The molecule has 0 spiro atoms. The van der Waals surface area contributed by atoms with Crippen molar-refractivity contribution >= 4 is 11.6 Å². The molecule has 2 fully saturated rings. The van der Waals surface area contributed by atoms with Gasteiger partial charge in [0, 0.05) is 22.7 Å².